The molecule has 1 amide bonds. The van der Waals surface area contributed by atoms with Crippen molar-refractivity contribution in [1.29, 1.82) is 0 Å². The van der Waals surface area contributed by atoms with Crippen LogP contribution in [0.25, 0.3) is 11.1 Å². The quantitative estimate of drug-likeness (QED) is 0.612. The maximum atomic E-state index is 13.6. The van der Waals surface area contributed by atoms with Crippen LogP contribution in [-0.2, 0) is 9.59 Å². The molecule has 2 aromatic rings. The average Bonchev–Trinajstić information content (AvgIpc) is 3.22. The van der Waals surface area contributed by atoms with Gasteiger partial charge < -0.3 is 19.5 Å². The van der Waals surface area contributed by atoms with Gasteiger partial charge in [0, 0.05) is 37.7 Å². The highest BCUT2D eigenvalue weighted by molar-refractivity contribution is 5.75. The Bertz CT molecular complexity index is 938. The summed E-state index contributed by atoms with van der Waals surface area (Å²) in [7, 11) is 2.83. The number of likely N-dealkylation sites (tertiary alicyclic amines) is 1. The number of nitrogens with zero attached hydrogens (tertiary/aromatic N) is 2. The Hall–Kier alpha value is -3.20. The third-order valence-corrected chi connectivity index (χ3v) is 5.33. The third-order valence-electron chi connectivity index (χ3n) is 5.33. The topological polar surface area (TPSA) is 79.3 Å². The number of amides is 1. The molecule has 2 aromatic carbocycles. The van der Waals surface area contributed by atoms with E-state index in [1.165, 1.54) is 14.2 Å². The van der Waals surface area contributed by atoms with Crippen LogP contribution >= 0.6 is 0 Å². The van der Waals surface area contributed by atoms with Gasteiger partial charge in [0.05, 0.1) is 13.7 Å². The van der Waals surface area contributed by atoms with Crippen molar-refractivity contribution in [3.63, 3.8) is 0 Å². The number of rotatable bonds is 9. The summed E-state index contributed by atoms with van der Waals surface area (Å²) in [6.07, 6.45) is 0.264. The van der Waals surface area contributed by atoms with Crippen LogP contribution in [0, 0.1) is 17.6 Å². The maximum absolute atomic E-state index is 13.6. The largest absolute Gasteiger partial charge is 0.496 e. The van der Waals surface area contributed by atoms with Crippen molar-refractivity contribution < 1.29 is 33.0 Å². The van der Waals surface area contributed by atoms with E-state index in [1.54, 1.807) is 29.2 Å². The lowest BCUT2D eigenvalue weighted by Crippen LogP contribution is -2.50. The highest BCUT2D eigenvalue weighted by Gasteiger charge is 2.35. The summed E-state index contributed by atoms with van der Waals surface area (Å²) in [4.78, 5) is 25.3. The zero-order chi connectivity index (χ0) is 22.5. The molecule has 2 atom stereocenters. The molecule has 1 aliphatic rings. The molecule has 0 radical (unpaired) electrons. The predicted octanol–water partition coefficient (Wildman–Crippen LogP) is 2.84. The first-order valence-corrected chi connectivity index (χ1v) is 9.74. The summed E-state index contributed by atoms with van der Waals surface area (Å²) in [6.45, 7) is 1.44. The third kappa shape index (κ3) is 5.11. The summed E-state index contributed by atoms with van der Waals surface area (Å²) >= 11 is 0. The molecule has 1 saturated heterocycles. The van der Waals surface area contributed by atoms with E-state index in [2.05, 4.69) is 0 Å². The number of ether oxygens (including phenoxy) is 2. The van der Waals surface area contributed by atoms with E-state index < -0.39 is 23.8 Å². The van der Waals surface area contributed by atoms with Gasteiger partial charge in [0.15, 0.2) is 17.8 Å². The number of hydrogen-bond acceptors (Lipinski definition) is 5. The van der Waals surface area contributed by atoms with Crippen LogP contribution in [-0.4, -0.2) is 67.3 Å². The highest BCUT2D eigenvalue weighted by Crippen LogP contribution is 2.33. The molecule has 1 N–H and O–H groups in total. The fourth-order valence-corrected chi connectivity index (χ4v) is 3.73. The first-order chi connectivity index (χ1) is 14.8. The van der Waals surface area contributed by atoms with Gasteiger partial charge in [-0.25, -0.2) is 13.6 Å². The van der Waals surface area contributed by atoms with E-state index in [0.717, 1.165) is 23.5 Å². The zero-order valence-corrected chi connectivity index (χ0v) is 17.3. The van der Waals surface area contributed by atoms with Crippen LogP contribution in [0.15, 0.2) is 36.4 Å². The number of hydrogen-bond donors (Lipinski definition) is 1. The van der Waals surface area contributed by atoms with E-state index in [-0.39, 0.29) is 11.7 Å². The molecule has 1 aliphatic heterocycles. The van der Waals surface area contributed by atoms with Crippen molar-refractivity contribution in [2.45, 2.75) is 12.6 Å². The average molecular weight is 434 g/mol. The number of carboxylic acids is 1. The van der Waals surface area contributed by atoms with Crippen LogP contribution in [0.4, 0.5) is 8.78 Å². The Balaban J connectivity index is 1.61. The number of likely N-dealkylation sites (N-methyl/N-ethyl adjacent to an activating group) is 1. The molecule has 166 valence electrons. The number of halogens is 2. The number of benzene rings is 2. The maximum Gasteiger partial charge on any atom is 0.341 e. The van der Waals surface area contributed by atoms with Crippen molar-refractivity contribution in [1.82, 2.24) is 9.80 Å². The second-order valence-electron chi connectivity index (χ2n) is 7.43. The Kier molecular flexibility index (Phi) is 7.06. The minimum Gasteiger partial charge on any atom is -0.496 e. The van der Waals surface area contributed by atoms with E-state index in [0.29, 0.717) is 43.0 Å². The minimum absolute atomic E-state index is 0.118. The van der Waals surface area contributed by atoms with Gasteiger partial charge in [-0.1, -0.05) is 12.1 Å². The van der Waals surface area contributed by atoms with Crippen LogP contribution in [0.1, 0.15) is 6.42 Å². The number of carbonyl (C=O) groups is 2. The van der Waals surface area contributed by atoms with E-state index in [9.17, 15) is 23.5 Å². The second kappa shape index (κ2) is 9.74. The van der Waals surface area contributed by atoms with Gasteiger partial charge in [0.1, 0.15) is 11.5 Å². The van der Waals surface area contributed by atoms with Gasteiger partial charge >= 0.3 is 5.97 Å². The first-order valence-electron chi connectivity index (χ1n) is 9.74. The monoisotopic (exact) mass is 434 g/mol. The molecule has 9 heteroatoms. The summed E-state index contributed by atoms with van der Waals surface area (Å²) in [5.41, 5.74) is 1.08. The molecule has 3 rings (SSSR count). The molecule has 1 heterocycles. The van der Waals surface area contributed by atoms with Gasteiger partial charge in [-0.05, 0) is 30.2 Å². The Morgan fingerprint density at radius 3 is 2.58 bits per heavy atom. The molecule has 0 aliphatic carbocycles. The van der Waals surface area contributed by atoms with Crippen molar-refractivity contribution >= 4 is 12.4 Å². The van der Waals surface area contributed by atoms with Crippen molar-refractivity contribution in [3.8, 4) is 22.6 Å². The molecule has 1 fully saturated rings. The van der Waals surface area contributed by atoms with Gasteiger partial charge in [0.2, 0.25) is 6.41 Å². The Morgan fingerprint density at radius 1 is 1.29 bits per heavy atom. The molecule has 0 spiro atoms. The number of aliphatic carboxylic acids is 1. The van der Waals surface area contributed by atoms with Crippen LogP contribution in [0.5, 0.6) is 11.5 Å². The number of carbonyl (C=O) groups excluding carboxylic acids is 1. The van der Waals surface area contributed by atoms with E-state index >= 15 is 0 Å². The SMILES string of the molecule is COc1cc(F)c(F)cc1-c1ccc(OCC2CCN(C(C(=O)O)N(C)C=O)C2)cc1. The highest BCUT2D eigenvalue weighted by atomic mass is 19.2. The molecule has 0 saturated carbocycles. The zero-order valence-electron chi connectivity index (χ0n) is 17.3. The Morgan fingerprint density at radius 2 is 1.97 bits per heavy atom. The molecular formula is C22H24F2N2O5. The van der Waals surface area contributed by atoms with Gasteiger partial charge in [-0.15, -0.1) is 0 Å². The first kappa shape index (κ1) is 22.5. The summed E-state index contributed by atoms with van der Waals surface area (Å²) in [6, 6.07) is 9.00. The summed E-state index contributed by atoms with van der Waals surface area (Å²) < 4.78 is 38.1. The second-order valence-corrected chi connectivity index (χ2v) is 7.43. The van der Waals surface area contributed by atoms with E-state index in [4.69, 9.17) is 9.47 Å². The standard InChI is InChI=1S/C22H24F2N2O5/c1-25(13-27)21(22(28)29)26-8-7-14(11-26)12-31-16-5-3-15(4-6-16)17-9-18(23)19(24)10-20(17)30-2/h3-6,9-10,13-14,21H,7-8,11-12H2,1-2H3,(H,28,29). The molecular weight excluding hydrogens is 410 g/mol. The van der Waals surface area contributed by atoms with Crippen molar-refractivity contribution in [3.05, 3.63) is 48.0 Å². The van der Waals surface area contributed by atoms with Crippen molar-refractivity contribution in [2.24, 2.45) is 5.92 Å². The Labute approximate surface area is 178 Å². The molecule has 7 nitrogen and oxygen atoms in total. The lowest BCUT2D eigenvalue weighted by atomic mass is 10.0. The fraction of sp³-hybridized carbons (Fsp3) is 0.364. The lowest BCUT2D eigenvalue weighted by molar-refractivity contribution is -0.152. The van der Waals surface area contributed by atoms with Crippen LogP contribution in [0.3, 0.4) is 0 Å². The summed E-state index contributed by atoms with van der Waals surface area (Å²) in [5, 5.41) is 9.39. The summed E-state index contributed by atoms with van der Waals surface area (Å²) in [5.74, 6) is -2.06. The van der Waals surface area contributed by atoms with Gasteiger partial charge in [-0.3, -0.25) is 9.69 Å². The number of methoxy groups -OCH3 is 1. The molecule has 31 heavy (non-hydrogen) atoms. The van der Waals surface area contributed by atoms with Gasteiger partial charge in [0.25, 0.3) is 0 Å². The normalized spacial score (nSPS) is 17.2. The minimum atomic E-state index is -1.07. The van der Waals surface area contributed by atoms with Crippen molar-refractivity contribution in [2.75, 3.05) is 33.9 Å². The fourth-order valence-electron chi connectivity index (χ4n) is 3.73. The number of carboxylic acid groups (broad SMARTS) is 1. The molecule has 2 unspecified atom stereocenters. The smallest absolute Gasteiger partial charge is 0.341 e. The van der Waals surface area contributed by atoms with E-state index in [1.807, 2.05) is 0 Å². The lowest BCUT2D eigenvalue weighted by Gasteiger charge is -2.29. The van der Waals surface area contributed by atoms with Crippen LogP contribution < -0.4 is 9.47 Å². The molecule has 0 bridgehead atoms. The molecule has 0 aromatic heterocycles. The van der Waals surface area contributed by atoms with Gasteiger partial charge in [-0.2, -0.15) is 0 Å². The predicted molar refractivity (Wildman–Crippen MR) is 109 cm³/mol. The van der Waals surface area contributed by atoms with Crippen LogP contribution in [0.2, 0.25) is 0 Å².